The monoisotopic (exact) mass is 248 g/mol. The molecule has 1 aliphatic carbocycles. The minimum atomic E-state index is -3.05. The van der Waals surface area contributed by atoms with Gasteiger partial charge in [-0.1, -0.05) is 19.8 Å². The Hall–Kier alpha value is -0.130. The maximum absolute atomic E-state index is 11.2. The summed E-state index contributed by atoms with van der Waals surface area (Å²) < 4.78 is 24.8. The molecule has 0 radical (unpaired) electrons. The molecule has 0 aliphatic heterocycles. The zero-order chi connectivity index (χ0) is 12.0. The molecule has 16 heavy (non-hydrogen) atoms. The van der Waals surface area contributed by atoms with Gasteiger partial charge in [-0.2, -0.15) is 0 Å². The molecule has 2 atom stereocenters. The Kier molecular flexibility index (Phi) is 5.72. The van der Waals surface area contributed by atoms with E-state index in [2.05, 4.69) is 17.0 Å². The summed E-state index contributed by atoms with van der Waals surface area (Å²) in [6, 6.07) is 0.511. The topological polar surface area (TPSA) is 58.2 Å². The summed E-state index contributed by atoms with van der Waals surface area (Å²) in [5.41, 5.74) is 0. The van der Waals surface area contributed by atoms with Crippen LogP contribution in [-0.2, 0) is 10.0 Å². The van der Waals surface area contributed by atoms with Gasteiger partial charge in [0.05, 0.1) is 5.75 Å². The van der Waals surface area contributed by atoms with E-state index in [1.807, 2.05) is 0 Å². The number of nitrogens with one attached hydrogen (secondary N) is 2. The van der Waals surface area contributed by atoms with Crippen LogP contribution in [0.15, 0.2) is 0 Å². The van der Waals surface area contributed by atoms with Crippen LogP contribution in [0.4, 0.5) is 0 Å². The molecule has 1 fully saturated rings. The molecule has 96 valence electrons. The third-order valence-corrected chi connectivity index (χ3v) is 4.74. The van der Waals surface area contributed by atoms with Crippen LogP contribution in [-0.4, -0.2) is 33.8 Å². The summed E-state index contributed by atoms with van der Waals surface area (Å²) in [4.78, 5) is 0. The average molecular weight is 248 g/mol. The first kappa shape index (κ1) is 13.9. The van der Waals surface area contributed by atoms with Crippen molar-refractivity contribution in [3.8, 4) is 0 Å². The summed E-state index contributed by atoms with van der Waals surface area (Å²) in [5, 5.41) is 3.35. The smallest absolute Gasteiger partial charge is 0.212 e. The fourth-order valence-electron chi connectivity index (χ4n) is 2.19. The minimum absolute atomic E-state index is 0.176. The van der Waals surface area contributed by atoms with Gasteiger partial charge >= 0.3 is 0 Å². The van der Waals surface area contributed by atoms with Crippen LogP contribution in [0.3, 0.4) is 0 Å². The molecule has 0 aromatic carbocycles. The SMILES string of the molecule is CNS(=O)(=O)CCNC1CCCC(C)CC1. The van der Waals surface area contributed by atoms with E-state index in [0.717, 1.165) is 5.92 Å². The van der Waals surface area contributed by atoms with Crippen molar-refractivity contribution in [3.63, 3.8) is 0 Å². The highest BCUT2D eigenvalue weighted by Gasteiger charge is 2.16. The van der Waals surface area contributed by atoms with Crippen LogP contribution in [0.5, 0.6) is 0 Å². The van der Waals surface area contributed by atoms with E-state index in [1.165, 1.54) is 39.2 Å². The van der Waals surface area contributed by atoms with Crippen LogP contribution in [0, 0.1) is 5.92 Å². The summed E-state index contributed by atoms with van der Waals surface area (Å²) in [7, 11) is -1.59. The van der Waals surface area contributed by atoms with E-state index in [1.54, 1.807) is 0 Å². The number of sulfonamides is 1. The quantitative estimate of drug-likeness (QED) is 0.716. The fraction of sp³-hybridized carbons (Fsp3) is 1.00. The highest BCUT2D eigenvalue weighted by Crippen LogP contribution is 2.22. The highest BCUT2D eigenvalue weighted by atomic mass is 32.2. The van der Waals surface area contributed by atoms with Crippen molar-refractivity contribution in [1.82, 2.24) is 10.0 Å². The first-order valence-corrected chi connectivity index (χ1v) is 7.83. The number of hydrogen-bond donors (Lipinski definition) is 2. The molecule has 0 aromatic rings. The molecule has 1 saturated carbocycles. The van der Waals surface area contributed by atoms with Gasteiger partial charge < -0.3 is 5.32 Å². The normalized spacial score (nSPS) is 27.6. The predicted molar refractivity (Wildman–Crippen MR) is 66.9 cm³/mol. The second-order valence-electron chi connectivity index (χ2n) is 4.79. The van der Waals surface area contributed by atoms with Crippen LogP contribution >= 0.6 is 0 Å². The second kappa shape index (κ2) is 6.57. The lowest BCUT2D eigenvalue weighted by molar-refractivity contribution is 0.457. The molecule has 0 saturated heterocycles. The molecule has 0 amide bonds. The first-order valence-electron chi connectivity index (χ1n) is 6.18. The Bertz CT molecular complexity index is 290. The summed E-state index contributed by atoms with van der Waals surface area (Å²) in [5.74, 6) is 1.00. The van der Waals surface area contributed by atoms with E-state index in [9.17, 15) is 8.42 Å². The molecule has 1 rings (SSSR count). The van der Waals surface area contributed by atoms with Gasteiger partial charge in [0.1, 0.15) is 0 Å². The third kappa shape index (κ3) is 5.27. The largest absolute Gasteiger partial charge is 0.313 e. The zero-order valence-corrected chi connectivity index (χ0v) is 11.1. The van der Waals surface area contributed by atoms with Crippen molar-refractivity contribution in [2.24, 2.45) is 5.92 Å². The van der Waals surface area contributed by atoms with E-state index >= 15 is 0 Å². The average Bonchev–Trinajstić information content (AvgIpc) is 2.44. The molecule has 0 aromatic heterocycles. The van der Waals surface area contributed by atoms with Gasteiger partial charge in [-0.3, -0.25) is 0 Å². The fourth-order valence-corrected chi connectivity index (χ4v) is 2.78. The standard InChI is InChI=1S/C11H24N2O2S/c1-10-4-3-5-11(7-6-10)13-8-9-16(14,15)12-2/h10-13H,3-9H2,1-2H3. The Balaban J connectivity index is 2.22. The number of rotatable bonds is 5. The molecular weight excluding hydrogens is 224 g/mol. The lowest BCUT2D eigenvalue weighted by Crippen LogP contribution is -2.35. The van der Waals surface area contributed by atoms with Crippen molar-refractivity contribution in [2.75, 3.05) is 19.3 Å². The van der Waals surface area contributed by atoms with Crippen molar-refractivity contribution >= 4 is 10.0 Å². The van der Waals surface area contributed by atoms with Gasteiger partial charge in [0.25, 0.3) is 0 Å². The lowest BCUT2D eigenvalue weighted by atomic mass is 10.0. The lowest BCUT2D eigenvalue weighted by Gasteiger charge is -2.16. The Morgan fingerprint density at radius 1 is 1.19 bits per heavy atom. The zero-order valence-electron chi connectivity index (χ0n) is 10.3. The van der Waals surface area contributed by atoms with E-state index < -0.39 is 10.0 Å². The molecule has 0 heterocycles. The Labute approximate surface area is 99.2 Å². The maximum atomic E-state index is 11.2. The molecule has 1 aliphatic rings. The summed E-state index contributed by atoms with van der Waals surface area (Å²) in [6.45, 7) is 2.86. The summed E-state index contributed by atoms with van der Waals surface area (Å²) in [6.07, 6.45) is 6.20. The van der Waals surface area contributed by atoms with E-state index in [-0.39, 0.29) is 5.75 Å². The van der Waals surface area contributed by atoms with Gasteiger partial charge in [-0.15, -0.1) is 0 Å². The van der Waals surface area contributed by atoms with E-state index in [0.29, 0.717) is 12.6 Å². The van der Waals surface area contributed by atoms with Gasteiger partial charge in [-0.05, 0) is 32.2 Å². The molecule has 0 bridgehead atoms. The number of hydrogen-bond acceptors (Lipinski definition) is 3. The Morgan fingerprint density at radius 2 is 1.94 bits per heavy atom. The van der Waals surface area contributed by atoms with Crippen molar-refractivity contribution in [3.05, 3.63) is 0 Å². The minimum Gasteiger partial charge on any atom is -0.313 e. The molecule has 0 spiro atoms. The van der Waals surface area contributed by atoms with Crippen molar-refractivity contribution in [1.29, 1.82) is 0 Å². The van der Waals surface area contributed by atoms with Gasteiger partial charge in [0.15, 0.2) is 0 Å². The first-order chi connectivity index (χ1) is 7.53. The van der Waals surface area contributed by atoms with E-state index in [4.69, 9.17) is 0 Å². The van der Waals surface area contributed by atoms with Crippen LogP contribution < -0.4 is 10.0 Å². The highest BCUT2D eigenvalue weighted by molar-refractivity contribution is 7.89. The van der Waals surface area contributed by atoms with Crippen molar-refractivity contribution in [2.45, 2.75) is 45.1 Å². The molecule has 5 heteroatoms. The molecule has 2 N–H and O–H groups in total. The van der Waals surface area contributed by atoms with Crippen LogP contribution in [0.25, 0.3) is 0 Å². The predicted octanol–water partition coefficient (Wildman–Crippen LogP) is 1.09. The van der Waals surface area contributed by atoms with Gasteiger partial charge in [-0.25, -0.2) is 13.1 Å². The Morgan fingerprint density at radius 3 is 2.62 bits per heavy atom. The third-order valence-electron chi connectivity index (χ3n) is 3.37. The van der Waals surface area contributed by atoms with Crippen LogP contribution in [0.1, 0.15) is 39.0 Å². The molecule has 2 unspecified atom stereocenters. The van der Waals surface area contributed by atoms with Gasteiger partial charge in [0, 0.05) is 12.6 Å². The van der Waals surface area contributed by atoms with Crippen molar-refractivity contribution < 1.29 is 8.42 Å². The summed E-state index contributed by atoms with van der Waals surface area (Å²) >= 11 is 0. The molecule has 4 nitrogen and oxygen atoms in total. The maximum Gasteiger partial charge on any atom is 0.212 e. The van der Waals surface area contributed by atoms with Gasteiger partial charge in [0.2, 0.25) is 10.0 Å². The van der Waals surface area contributed by atoms with Crippen LogP contribution in [0.2, 0.25) is 0 Å². The second-order valence-corrected chi connectivity index (χ2v) is 6.83. The molecular formula is C11H24N2O2S.